The quantitative estimate of drug-likeness (QED) is 0.512. The van der Waals surface area contributed by atoms with Gasteiger partial charge in [-0.1, -0.05) is 0 Å². The van der Waals surface area contributed by atoms with Gasteiger partial charge in [-0.05, 0) is 36.8 Å². The van der Waals surface area contributed by atoms with E-state index in [1.807, 2.05) is 24.3 Å². The molecule has 1 aliphatic rings. The van der Waals surface area contributed by atoms with Gasteiger partial charge in [0.2, 0.25) is 5.88 Å². The lowest BCUT2D eigenvalue weighted by Gasteiger charge is -2.36. The van der Waals surface area contributed by atoms with Crippen LogP contribution in [0.4, 0.5) is 0 Å². The van der Waals surface area contributed by atoms with Crippen LogP contribution in [0.5, 0.6) is 17.4 Å². The molecule has 8 nitrogen and oxygen atoms in total. The number of ether oxygens (including phenoxy) is 3. The van der Waals surface area contributed by atoms with Crippen LogP contribution < -0.4 is 19.5 Å². The highest BCUT2D eigenvalue weighted by Gasteiger charge is 2.21. The van der Waals surface area contributed by atoms with Crippen molar-refractivity contribution in [1.29, 1.82) is 0 Å². The summed E-state index contributed by atoms with van der Waals surface area (Å²) in [5.74, 6) is 3.30. The molecule has 1 fully saturated rings. The van der Waals surface area contributed by atoms with E-state index in [0.29, 0.717) is 12.4 Å². The van der Waals surface area contributed by atoms with Gasteiger partial charge in [0, 0.05) is 57.1 Å². The number of piperazine rings is 1. The van der Waals surface area contributed by atoms with Gasteiger partial charge in [-0.25, -0.2) is 9.98 Å². The number of pyridine rings is 1. The van der Waals surface area contributed by atoms with E-state index in [0.717, 1.165) is 67.9 Å². The topological polar surface area (TPSA) is 71.5 Å². The first kappa shape index (κ1) is 22.7. The molecule has 1 aliphatic heterocycles. The number of aromatic nitrogens is 1. The maximum absolute atomic E-state index is 5.53. The molecule has 168 valence electrons. The summed E-state index contributed by atoms with van der Waals surface area (Å²) in [6, 6.07) is 9.84. The van der Waals surface area contributed by atoms with Crippen LogP contribution in [0.25, 0.3) is 0 Å². The number of guanidine groups is 1. The number of benzene rings is 1. The predicted octanol–water partition coefficient (Wildman–Crippen LogP) is 2.39. The summed E-state index contributed by atoms with van der Waals surface area (Å²) in [6.45, 7) is 8.08. The van der Waals surface area contributed by atoms with Gasteiger partial charge in [-0.3, -0.25) is 4.90 Å². The Labute approximate surface area is 184 Å². The number of hydrogen-bond acceptors (Lipinski definition) is 6. The van der Waals surface area contributed by atoms with E-state index in [2.05, 4.69) is 33.1 Å². The molecule has 2 aromatic rings. The molecule has 0 bridgehead atoms. The molecule has 1 saturated heterocycles. The van der Waals surface area contributed by atoms with Crippen molar-refractivity contribution in [1.82, 2.24) is 20.1 Å². The van der Waals surface area contributed by atoms with Gasteiger partial charge < -0.3 is 24.4 Å². The van der Waals surface area contributed by atoms with E-state index in [1.54, 1.807) is 27.5 Å². The lowest BCUT2D eigenvalue weighted by molar-refractivity contribution is 0.171. The SMILES string of the molecule is CCNC(=NCc1ccnc(OC)c1)N1CCN(Cc2cc(OC)ccc2OC)CC1. The molecular weight excluding hydrogens is 394 g/mol. The van der Waals surface area contributed by atoms with Crippen molar-refractivity contribution in [3.05, 3.63) is 47.7 Å². The Bertz CT molecular complexity index is 866. The average molecular weight is 428 g/mol. The van der Waals surface area contributed by atoms with Crippen LogP contribution in [-0.2, 0) is 13.1 Å². The minimum atomic E-state index is 0.586. The minimum Gasteiger partial charge on any atom is -0.497 e. The molecule has 2 heterocycles. The van der Waals surface area contributed by atoms with Crippen LogP contribution in [0.1, 0.15) is 18.1 Å². The van der Waals surface area contributed by atoms with Gasteiger partial charge in [0.05, 0.1) is 27.9 Å². The van der Waals surface area contributed by atoms with Crippen LogP contribution >= 0.6 is 0 Å². The molecule has 0 saturated carbocycles. The van der Waals surface area contributed by atoms with Gasteiger partial charge in [-0.15, -0.1) is 0 Å². The normalized spacial score (nSPS) is 15.0. The molecule has 3 rings (SSSR count). The molecule has 0 radical (unpaired) electrons. The summed E-state index contributed by atoms with van der Waals surface area (Å²) in [5, 5.41) is 3.42. The fourth-order valence-corrected chi connectivity index (χ4v) is 3.62. The summed E-state index contributed by atoms with van der Waals surface area (Å²) in [6.07, 6.45) is 1.75. The van der Waals surface area contributed by atoms with Gasteiger partial charge in [0.25, 0.3) is 0 Å². The molecule has 0 amide bonds. The Morgan fingerprint density at radius 1 is 1.03 bits per heavy atom. The maximum Gasteiger partial charge on any atom is 0.213 e. The highest BCUT2D eigenvalue weighted by atomic mass is 16.5. The monoisotopic (exact) mass is 427 g/mol. The van der Waals surface area contributed by atoms with Crippen molar-refractivity contribution >= 4 is 5.96 Å². The number of nitrogens with zero attached hydrogens (tertiary/aromatic N) is 4. The number of aliphatic imine (C=N–C) groups is 1. The highest BCUT2D eigenvalue weighted by molar-refractivity contribution is 5.80. The third kappa shape index (κ3) is 6.24. The van der Waals surface area contributed by atoms with E-state index in [1.165, 1.54) is 0 Å². The van der Waals surface area contributed by atoms with Crippen LogP contribution in [0, 0.1) is 0 Å². The third-order valence-electron chi connectivity index (χ3n) is 5.31. The van der Waals surface area contributed by atoms with E-state index in [9.17, 15) is 0 Å². The summed E-state index contributed by atoms with van der Waals surface area (Å²) in [7, 11) is 5.02. The molecule has 0 unspecified atom stereocenters. The van der Waals surface area contributed by atoms with Gasteiger partial charge >= 0.3 is 0 Å². The molecule has 0 spiro atoms. The number of rotatable bonds is 8. The Hall–Kier alpha value is -3.00. The van der Waals surface area contributed by atoms with Crippen molar-refractivity contribution < 1.29 is 14.2 Å². The Balaban J connectivity index is 1.61. The average Bonchev–Trinajstić information content (AvgIpc) is 2.82. The highest BCUT2D eigenvalue weighted by Crippen LogP contribution is 2.25. The second kappa shape index (κ2) is 11.4. The van der Waals surface area contributed by atoms with Gasteiger partial charge in [0.15, 0.2) is 5.96 Å². The molecule has 0 atom stereocenters. The van der Waals surface area contributed by atoms with Crippen LogP contribution in [0.2, 0.25) is 0 Å². The van der Waals surface area contributed by atoms with E-state index < -0.39 is 0 Å². The predicted molar refractivity (Wildman–Crippen MR) is 122 cm³/mol. The van der Waals surface area contributed by atoms with Gasteiger partial charge in [0.1, 0.15) is 11.5 Å². The molecular formula is C23H33N5O3. The zero-order chi connectivity index (χ0) is 22.1. The van der Waals surface area contributed by atoms with E-state index in [-0.39, 0.29) is 0 Å². The third-order valence-corrected chi connectivity index (χ3v) is 5.31. The zero-order valence-corrected chi connectivity index (χ0v) is 18.9. The summed E-state index contributed by atoms with van der Waals surface area (Å²) in [5.41, 5.74) is 2.22. The second-order valence-corrected chi connectivity index (χ2v) is 7.32. The van der Waals surface area contributed by atoms with Crippen LogP contribution in [0.15, 0.2) is 41.5 Å². The molecule has 1 N–H and O–H groups in total. The summed E-state index contributed by atoms with van der Waals surface area (Å²) in [4.78, 5) is 13.7. The van der Waals surface area contributed by atoms with E-state index >= 15 is 0 Å². The summed E-state index contributed by atoms with van der Waals surface area (Å²) >= 11 is 0. The number of methoxy groups -OCH3 is 3. The van der Waals surface area contributed by atoms with Crippen molar-refractivity contribution in [2.75, 3.05) is 54.1 Å². The fraction of sp³-hybridized carbons (Fsp3) is 0.478. The first-order valence-corrected chi connectivity index (χ1v) is 10.6. The standard InChI is InChI=1S/C23H33N5O3/c1-5-24-23(26-16-18-8-9-25-22(14-18)31-4)28-12-10-27(11-13-28)17-19-15-20(29-2)6-7-21(19)30-3/h6-9,14-15H,5,10-13,16-17H2,1-4H3,(H,24,26). The van der Waals surface area contributed by atoms with E-state index in [4.69, 9.17) is 19.2 Å². The van der Waals surface area contributed by atoms with Crippen LogP contribution in [-0.4, -0.2) is 74.8 Å². The molecule has 0 aliphatic carbocycles. The Morgan fingerprint density at radius 2 is 1.84 bits per heavy atom. The second-order valence-electron chi connectivity index (χ2n) is 7.32. The molecule has 31 heavy (non-hydrogen) atoms. The fourth-order valence-electron chi connectivity index (χ4n) is 3.62. The number of nitrogens with one attached hydrogen (secondary N) is 1. The molecule has 1 aromatic carbocycles. The van der Waals surface area contributed by atoms with Crippen LogP contribution in [0.3, 0.4) is 0 Å². The minimum absolute atomic E-state index is 0.586. The van der Waals surface area contributed by atoms with Crippen molar-refractivity contribution in [3.8, 4) is 17.4 Å². The maximum atomic E-state index is 5.53. The largest absolute Gasteiger partial charge is 0.497 e. The Kier molecular flexibility index (Phi) is 8.35. The van der Waals surface area contributed by atoms with Crippen molar-refractivity contribution in [3.63, 3.8) is 0 Å². The smallest absolute Gasteiger partial charge is 0.213 e. The van der Waals surface area contributed by atoms with Crippen molar-refractivity contribution in [2.24, 2.45) is 4.99 Å². The first-order chi connectivity index (χ1) is 15.2. The van der Waals surface area contributed by atoms with Crippen molar-refractivity contribution in [2.45, 2.75) is 20.0 Å². The first-order valence-electron chi connectivity index (χ1n) is 10.6. The number of hydrogen-bond donors (Lipinski definition) is 1. The molecule has 8 heteroatoms. The summed E-state index contributed by atoms with van der Waals surface area (Å²) < 4.78 is 16.1. The lowest BCUT2D eigenvalue weighted by Crippen LogP contribution is -2.52. The lowest BCUT2D eigenvalue weighted by atomic mass is 10.1. The molecule has 1 aromatic heterocycles. The van der Waals surface area contributed by atoms with Gasteiger partial charge in [-0.2, -0.15) is 0 Å². The Morgan fingerprint density at radius 3 is 2.52 bits per heavy atom. The zero-order valence-electron chi connectivity index (χ0n) is 18.9.